The number of hydrogen-bond donors (Lipinski definition) is 2. The van der Waals surface area contributed by atoms with E-state index in [1.807, 2.05) is 0 Å². The van der Waals surface area contributed by atoms with Crippen molar-refractivity contribution in [1.82, 2.24) is 24.7 Å². The van der Waals surface area contributed by atoms with Gasteiger partial charge in [-0.3, -0.25) is 23.7 Å². The third-order valence-electron chi connectivity index (χ3n) is 5.65. The first kappa shape index (κ1) is 23.9. The Labute approximate surface area is 189 Å². The number of likely N-dealkylation sites (N-methyl/N-ethyl adjacent to an activating group) is 2. The zero-order chi connectivity index (χ0) is 24.3. The molecule has 1 aliphatic heterocycles. The molecule has 10 nitrogen and oxygen atoms in total. The highest BCUT2D eigenvalue weighted by molar-refractivity contribution is 6.34. The van der Waals surface area contributed by atoms with Gasteiger partial charge in [0.15, 0.2) is 5.75 Å². The molecule has 0 aliphatic carbocycles. The summed E-state index contributed by atoms with van der Waals surface area (Å²) in [4.78, 5) is 57.3. The smallest absolute Gasteiger partial charge is 0.312 e. The molecule has 2 N–H and O–H groups in total. The number of nitrogens with one attached hydrogen (secondary N) is 1. The predicted octanol–water partition coefficient (Wildman–Crippen LogP) is 0.402. The lowest BCUT2D eigenvalue weighted by Gasteiger charge is -2.33. The van der Waals surface area contributed by atoms with Crippen LogP contribution in [0.2, 0.25) is 0 Å². The van der Waals surface area contributed by atoms with Crippen LogP contribution in [-0.4, -0.2) is 63.3 Å². The monoisotopic (exact) mass is 459 g/mol. The van der Waals surface area contributed by atoms with Crippen molar-refractivity contribution < 1.29 is 23.9 Å². The van der Waals surface area contributed by atoms with E-state index in [1.54, 1.807) is 12.1 Å². The van der Waals surface area contributed by atoms with Gasteiger partial charge < -0.3 is 20.2 Å². The highest BCUT2D eigenvalue weighted by Gasteiger charge is 2.41. The lowest BCUT2D eigenvalue weighted by molar-refractivity contribution is -0.152. The molecular formula is C22H26FN5O5. The SMILES string of the molecule is CN(C)C(=O)C(=O)N(C)C1c2ncc(O)c(=O)n2CCCC1C(=O)NCc1ccc(F)cc1. The Balaban J connectivity index is 1.97. The highest BCUT2D eigenvalue weighted by atomic mass is 19.1. The highest BCUT2D eigenvalue weighted by Crippen LogP contribution is 2.33. The molecule has 33 heavy (non-hydrogen) atoms. The molecule has 1 aliphatic rings. The number of carbonyl (C=O) groups excluding carboxylic acids is 3. The molecule has 176 valence electrons. The molecule has 0 saturated carbocycles. The first-order valence-electron chi connectivity index (χ1n) is 10.4. The average molecular weight is 459 g/mol. The molecule has 1 aromatic carbocycles. The number of fused-ring (bicyclic) bond motifs is 1. The lowest BCUT2D eigenvalue weighted by Crippen LogP contribution is -2.48. The second-order valence-electron chi connectivity index (χ2n) is 8.11. The average Bonchev–Trinajstić information content (AvgIpc) is 2.99. The second kappa shape index (κ2) is 9.80. The Bertz CT molecular complexity index is 1120. The van der Waals surface area contributed by atoms with Gasteiger partial charge in [-0.05, 0) is 30.5 Å². The minimum atomic E-state index is -1.02. The molecule has 11 heteroatoms. The summed E-state index contributed by atoms with van der Waals surface area (Å²) in [5.41, 5.74) is -0.000962. The summed E-state index contributed by atoms with van der Waals surface area (Å²) >= 11 is 0. The van der Waals surface area contributed by atoms with Crippen molar-refractivity contribution in [3.8, 4) is 5.75 Å². The summed E-state index contributed by atoms with van der Waals surface area (Å²) in [7, 11) is 4.24. The largest absolute Gasteiger partial charge is 0.502 e. The van der Waals surface area contributed by atoms with Gasteiger partial charge in [0.1, 0.15) is 17.7 Å². The summed E-state index contributed by atoms with van der Waals surface area (Å²) in [6, 6.07) is 4.64. The van der Waals surface area contributed by atoms with E-state index in [9.17, 15) is 28.7 Å². The van der Waals surface area contributed by atoms with Gasteiger partial charge in [-0.15, -0.1) is 0 Å². The Hall–Kier alpha value is -3.76. The van der Waals surface area contributed by atoms with Gasteiger partial charge >= 0.3 is 11.8 Å². The fraction of sp³-hybridized carbons (Fsp3) is 0.409. The molecule has 0 bridgehead atoms. The molecular weight excluding hydrogens is 433 g/mol. The van der Waals surface area contributed by atoms with Crippen LogP contribution in [0.1, 0.15) is 30.3 Å². The molecule has 0 saturated heterocycles. The van der Waals surface area contributed by atoms with Crippen molar-refractivity contribution in [3.05, 3.63) is 58.0 Å². The van der Waals surface area contributed by atoms with Crippen LogP contribution < -0.4 is 10.9 Å². The van der Waals surface area contributed by atoms with Crippen molar-refractivity contribution in [2.75, 3.05) is 21.1 Å². The van der Waals surface area contributed by atoms with Crippen LogP contribution in [0.3, 0.4) is 0 Å². The van der Waals surface area contributed by atoms with Crippen molar-refractivity contribution in [2.24, 2.45) is 5.92 Å². The van der Waals surface area contributed by atoms with E-state index in [0.717, 1.165) is 16.0 Å². The lowest BCUT2D eigenvalue weighted by atomic mass is 9.92. The summed E-state index contributed by atoms with van der Waals surface area (Å²) in [5.74, 6) is -3.71. The molecule has 3 amide bonds. The number of benzene rings is 1. The maximum atomic E-state index is 13.2. The Morgan fingerprint density at radius 3 is 2.48 bits per heavy atom. The van der Waals surface area contributed by atoms with Crippen molar-refractivity contribution in [2.45, 2.75) is 32.0 Å². The van der Waals surface area contributed by atoms with Crippen LogP contribution in [0.4, 0.5) is 4.39 Å². The summed E-state index contributed by atoms with van der Waals surface area (Å²) < 4.78 is 14.4. The van der Waals surface area contributed by atoms with Crippen LogP contribution in [0.25, 0.3) is 0 Å². The van der Waals surface area contributed by atoms with Gasteiger partial charge in [0.05, 0.1) is 12.1 Å². The van der Waals surface area contributed by atoms with E-state index in [2.05, 4.69) is 10.3 Å². The quantitative estimate of drug-likeness (QED) is 0.638. The number of aromatic nitrogens is 2. The first-order chi connectivity index (χ1) is 15.6. The van der Waals surface area contributed by atoms with Crippen LogP contribution in [0.15, 0.2) is 35.3 Å². The number of aromatic hydroxyl groups is 1. The molecule has 0 spiro atoms. The van der Waals surface area contributed by atoms with Gasteiger partial charge in [-0.1, -0.05) is 12.1 Å². The third-order valence-corrected chi connectivity index (χ3v) is 5.65. The van der Waals surface area contributed by atoms with Crippen molar-refractivity contribution >= 4 is 17.7 Å². The molecule has 2 atom stereocenters. The van der Waals surface area contributed by atoms with Gasteiger partial charge in [0.25, 0.3) is 5.56 Å². The number of hydrogen-bond acceptors (Lipinski definition) is 6. The molecule has 0 fully saturated rings. The summed E-state index contributed by atoms with van der Waals surface area (Å²) in [6.07, 6.45) is 1.69. The Kier molecular flexibility index (Phi) is 7.10. The second-order valence-corrected chi connectivity index (χ2v) is 8.11. The maximum absolute atomic E-state index is 13.2. The van der Waals surface area contributed by atoms with Crippen LogP contribution in [0, 0.1) is 11.7 Å². The van der Waals surface area contributed by atoms with E-state index < -0.39 is 46.8 Å². The van der Waals surface area contributed by atoms with E-state index in [1.165, 1.54) is 37.8 Å². The summed E-state index contributed by atoms with van der Waals surface area (Å²) in [5, 5.41) is 12.6. The fourth-order valence-corrected chi connectivity index (χ4v) is 3.86. The minimum absolute atomic E-state index is 0.111. The first-order valence-corrected chi connectivity index (χ1v) is 10.4. The van der Waals surface area contributed by atoms with Crippen molar-refractivity contribution in [1.29, 1.82) is 0 Å². The maximum Gasteiger partial charge on any atom is 0.312 e. The Morgan fingerprint density at radius 1 is 1.18 bits per heavy atom. The molecule has 3 rings (SSSR count). The number of rotatable bonds is 4. The van der Waals surface area contributed by atoms with Crippen LogP contribution in [-0.2, 0) is 27.5 Å². The predicted molar refractivity (Wildman–Crippen MR) is 115 cm³/mol. The number of halogens is 1. The zero-order valence-corrected chi connectivity index (χ0v) is 18.6. The Morgan fingerprint density at radius 2 is 1.85 bits per heavy atom. The van der Waals surface area contributed by atoms with E-state index >= 15 is 0 Å². The van der Waals surface area contributed by atoms with Gasteiger partial charge in [-0.25, -0.2) is 9.37 Å². The minimum Gasteiger partial charge on any atom is -0.502 e. The van der Waals surface area contributed by atoms with Crippen molar-refractivity contribution in [3.63, 3.8) is 0 Å². The van der Waals surface area contributed by atoms with Crippen LogP contribution >= 0.6 is 0 Å². The number of carbonyl (C=O) groups is 3. The standard InChI is InChI=1S/C22H26FN5O5/c1-26(2)21(32)22(33)27(3)17-15(19(30)25-11-13-6-8-14(23)9-7-13)5-4-10-28-18(17)24-12-16(29)20(28)31/h6-9,12,15,17,29H,4-5,10-11H2,1-3H3,(H,25,30). The zero-order valence-electron chi connectivity index (χ0n) is 18.6. The normalized spacial score (nSPS) is 17.5. The van der Waals surface area contributed by atoms with E-state index in [4.69, 9.17) is 0 Å². The van der Waals surface area contributed by atoms with Crippen LogP contribution in [0.5, 0.6) is 5.75 Å². The molecule has 2 unspecified atom stereocenters. The van der Waals surface area contributed by atoms with E-state index in [-0.39, 0.29) is 18.9 Å². The molecule has 0 radical (unpaired) electrons. The van der Waals surface area contributed by atoms with E-state index in [0.29, 0.717) is 18.4 Å². The molecule has 1 aromatic heterocycles. The van der Waals surface area contributed by atoms with Gasteiger partial charge in [-0.2, -0.15) is 0 Å². The molecule has 2 heterocycles. The van der Waals surface area contributed by atoms with Gasteiger partial charge in [0.2, 0.25) is 5.91 Å². The molecule has 2 aromatic rings. The van der Waals surface area contributed by atoms with Gasteiger partial charge in [0, 0.05) is 34.2 Å². The summed E-state index contributed by atoms with van der Waals surface area (Å²) in [6.45, 7) is 0.323. The fourth-order valence-electron chi connectivity index (χ4n) is 3.86. The number of nitrogens with zero attached hydrogens (tertiary/aromatic N) is 4. The topological polar surface area (TPSA) is 125 Å². The third kappa shape index (κ3) is 5.02. The number of amides is 3.